The Labute approximate surface area is 69.2 Å². The average molecular weight is 170 g/mol. The first-order valence-corrected chi connectivity index (χ1v) is 4.18. The zero-order valence-corrected chi connectivity index (χ0v) is 7.02. The maximum atomic E-state index is 11.0. The molecule has 0 spiro atoms. The Morgan fingerprint density at radius 1 is 1.82 bits per heavy atom. The van der Waals surface area contributed by atoms with Gasteiger partial charge in [-0.1, -0.05) is 0 Å². The fourth-order valence-electron chi connectivity index (χ4n) is 0.585. The number of anilines is 1. The van der Waals surface area contributed by atoms with Crippen molar-refractivity contribution in [3.63, 3.8) is 0 Å². The molecular weight excluding hydrogens is 160 g/mol. The van der Waals surface area contributed by atoms with E-state index in [4.69, 9.17) is 5.73 Å². The minimum Gasteiger partial charge on any atom is -0.320 e. The SMILES string of the molecule is CC(N)C(=O)Nc1cccs1. The van der Waals surface area contributed by atoms with E-state index in [1.165, 1.54) is 11.3 Å². The van der Waals surface area contributed by atoms with Gasteiger partial charge in [0.15, 0.2) is 0 Å². The highest BCUT2D eigenvalue weighted by molar-refractivity contribution is 7.14. The van der Waals surface area contributed by atoms with Gasteiger partial charge >= 0.3 is 0 Å². The Kier molecular flexibility index (Phi) is 2.62. The van der Waals surface area contributed by atoms with Crippen molar-refractivity contribution < 1.29 is 4.79 Å². The lowest BCUT2D eigenvalue weighted by atomic mass is 10.3. The zero-order valence-electron chi connectivity index (χ0n) is 6.20. The Hall–Kier alpha value is -0.870. The van der Waals surface area contributed by atoms with Crippen molar-refractivity contribution in [2.75, 3.05) is 5.32 Å². The topological polar surface area (TPSA) is 55.1 Å². The molecule has 11 heavy (non-hydrogen) atoms. The summed E-state index contributed by atoms with van der Waals surface area (Å²) in [5.41, 5.74) is 5.35. The molecule has 1 aromatic rings. The molecule has 0 aromatic carbocycles. The number of carbonyl (C=O) groups excluding carboxylic acids is 1. The highest BCUT2D eigenvalue weighted by Crippen LogP contribution is 2.14. The van der Waals surface area contributed by atoms with Crippen LogP contribution in [0.3, 0.4) is 0 Å². The van der Waals surface area contributed by atoms with Crippen LogP contribution in [0.5, 0.6) is 0 Å². The van der Waals surface area contributed by atoms with Crippen LogP contribution in [-0.4, -0.2) is 11.9 Å². The summed E-state index contributed by atoms with van der Waals surface area (Å²) in [6, 6.07) is 3.27. The molecule has 1 rings (SSSR count). The van der Waals surface area contributed by atoms with E-state index < -0.39 is 6.04 Å². The van der Waals surface area contributed by atoms with Crippen LogP contribution in [0.15, 0.2) is 17.5 Å². The third kappa shape index (κ3) is 2.32. The number of hydrogen-bond donors (Lipinski definition) is 2. The van der Waals surface area contributed by atoms with Crippen LogP contribution in [-0.2, 0) is 4.79 Å². The van der Waals surface area contributed by atoms with E-state index in [1.54, 1.807) is 6.92 Å². The maximum absolute atomic E-state index is 11.0. The second kappa shape index (κ2) is 3.50. The third-order valence-corrected chi connectivity index (χ3v) is 1.97. The van der Waals surface area contributed by atoms with Gasteiger partial charge in [-0.05, 0) is 24.4 Å². The third-order valence-electron chi connectivity index (χ3n) is 1.18. The second-order valence-electron chi connectivity index (χ2n) is 2.26. The number of hydrogen-bond acceptors (Lipinski definition) is 3. The molecule has 1 aromatic heterocycles. The number of nitrogens with two attached hydrogens (primary N) is 1. The van der Waals surface area contributed by atoms with E-state index in [0.29, 0.717) is 0 Å². The van der Waals surface area contributed by atoms with E-state index in [0.717, 1.165) is 5.00 Å². The van der Waals surface area contributed by atoms with Gasteiger partial charge in [-0.3, -0.25) is 4.79 Å². The molecule has 60 valence electrons. The summed E-state index contributed by atoms with van der Waals surface area (Å²) in [4.78, 5) is 11.0. The molecule has 1 atom stereocenters. The Morgan fingerprint density at radius 2 is 2.55 bits per heavy atom. The number of thiophene rings is 1. The Balaban J connectivity index is 2.50. The summed E-state index contributed by atoms with van der Waals surface area (Å²) in [5, 5.41) is 5.42. The molecule has 0 saturated heterocycles. The normalized spacial score (nSPS) is 12.5. The number of carbonyl (C=O) groups is 1. The summed E-state index contributed by atoms with van der Waals surface area (Å²) in [7, 11) is 0. The monoisotopic (exact) mass is 170 g/mol. The van der Waals surface area contributed by atoms with Crippen LogP contribution in [0.1, 0.15) is 6.92 Å². The van der Waals surface area contributed by atoms with Gasteiger partial charge in [0.2, 0.25) is 5.91 Å². The van der Waals surface area contributed by atoms with Gasteiger partial charge in [-0.25, -0.2) is 0 Å². The van der Waals surface area contributed by atoms with Crippen molar-refractivity contribution in [2.45, 2.75) is 13.0 Å². The molecule has 0 fully saturated rings. The molecule has 0 aliphatic carbocycles. The fraction of sp³-hybridized carbons (Fsp3) is 0.286. The first kappa shape index (κ1) is 8.23. The second-order valence-corrected chi connectivity index (χ2v) is 3.20. The van der Waals surface area contributed by atoms with Crippen molar-refractivity contribution >= 4 is 22.2 Å². The molecule has 3 nitrogen and oxygen atoms in total. The molecule has 3 N–H and O–H groups in total. The predicted molar refractivity (Wildman–Crippen MR) is 46.6 cm³/mol. The molecule has 0 bridgehead atoms. The maximum Gasteiger partial charge on any atom is 0.241 e. The minimum absolute atomic E-state index is 0.146. The molecule has 0 saturated carbocycles. The Morgan fingerprint density at radius 3 is 3.00 bits per heavy atom. The number of nitrogens with one attached hydrogen (secondary N) is 1. The molecule has 0 aliphatic rings. The van der Waals surface area contributed by atoms with Crippen molar-refractivity contribution in [3.8, 4) is 0 Å². The average Bonchev–Trinajstić information content (AvgIpc) is 2.39. The van der Waals surface area contributed by atoms with E-state index >= 15 is 0 Å². The molecule has 1 amide bonds. The van der Waals surface area contributed by atoms with Crippen molar-refractivity contribution in [1.29, 1.82) is 0 Å². The molecular formula is C7H10N2OS. The number of rotatable bonds is 2. The highest BCUT2D eigenvalue weighted by atomic mass is 32.1. The molecule has 4 heteroatoms. The van der Waals surface area contributed by atoms with Crippen molar-refractivity contribution in [3.05, 3.63) is 17.5 Å². The molecule has 0 aliphatic heterocycles. The van der Waals surface area contributed by atoms with Gasteiger partial charge in [0.05, 0.1) is 11.0 Å². The molecule has 0 radical (unpaired) electrons. The lowest BCUT2D eigenvalue weighted by molar-refractivity contribution is -0.117. The molecule has 1 heterocycles. The quantitative estimate of drug-likeness (QED) is 0.696. The largest absolute Gasteiger partial charge is 0.320 e. The van der Waals surface area contributed by atoms with Gasteiger partial charge in [0, 0.05) is 0 Å². The lowest BCUT2D eigenvalue weighted by Gasteiger charge is -2.03. The minimum atomic E-state index is -0.447. The smallest absolute Gasteiger partial charge is 0.241 e. The fourth-order valence-corrected chi connectivity index (χ4v) is 1.21. The molecule has 1 unspecified atom stereocenters. The highest BCUT2D eigenvalue weighted by Gasteiger charge is 2.06. The number of amides is 1. The van der Waals surface area contributed by atoms with Gasteiger partial charge in [-0.2, -0.15) is 0 Å². The van der Waals surface area contributed by atoms with Crippen LogP contribution in [0.4, 0.5) is 5.00 Å². The van der Waals surface area contributed by atoms with Crippen molar-refractivity contribution in [1.82, 2.24) is 0 Å². The van der Waals surface area contributed by atoms with Gasteiger partial charge in [0.1, 0.15) is 0 Å². The van der Waals surface area contributed by atoms with Gasteiger partial charge in [-0.15, -0.1) is 11.3 Å². The zero-order chi connectivity index (χ0) is 8.27. The van der Waals surface area contributed by atoms with Crippen LogP contribution >= 0.6 is 11.3 Å². The van der Waals surface area contributed by atoms with E-state index in [9.17, 15) is 4.79 Å². The van der Waals surface area contributed by atoms with E-state index in [-0.39, 0.29) is 5.91 Å². The van der Waals surface area contributed by atoms with Crippen LogP contribution < -0.4 is 11.1 Å². The summed E-state index contributed by atoms with van der Waals surface area (Å²) in [6.07, 6.45) is 0. The summed E-state index contributed by atoms with van der Waals surface area (Å²) in [6.45, 7) is 1.66. The predicted octanol–water partition coefficient (Wildman–Crippen LogP) is 1.03. The first-order chi connectivity index (χ1) is 5.20. The van der Waals surface area contributed by atoms with Crippen LogP contribution in [0.2, 0.25) is 0 Å². The van der Waals surface area contributed by atoms with E-state index in [2.05, 4.69) is 5.32 Å². The van der Waals surface area contributed by atoms with Crippen LogP contribution in [0.25, 0.3) is 0 Å². The summed E-state index contributed by atoms with van der Waals surface area (Å²) < 4.78 is 0. The van der Waals surface area contributed by atoms with Gasteiger partial charge < -0.3 is 11.1 Å². The van der Waals surface area contributed by atoms with Crippen molar-refractivity contribution in [2.24, 2.45) is 5.73 Å². The Bertz CT molecular complexity index is 231. The summed E-state index contributed by atoms with van der Waals surface area (Å²) in [5.74, 6) is -0.146. The summed E-state index contributed by atoms with van der Waals surface area (Å²) >= 11 is 1.48. The van der Waals surface area contributed by atoms with Crippen LogP contribution in [0, 0.1) is 0 Å². The first-order valence-electron chi connectivity index (χ1n) is 3.30. The van der Waals surface area contributed by atoms with Gasteiger partial charge in [0.25, 0.3) is 0 Å². The lowest BCUT2D eigenvalue weighted by Crippen LogP contribution is -2.32. The standard InChI is InChI=1S/C7H10N2OS/c1-5(8)7(10)9-6-3-2-4-11-6/h2-5H,8H2,1H3,(H,9,10). The van der Waals surface area contributed by atoms with E-state index in [1.807, 2.05) is 17.5 Å².